The Kier molecular flexibility index (Phi) is 6.18. The summed E-state index contributed by atoms with van der Waals surface area (Å²) in [5.41, 5.74) is 1.51. The maximum Gasteiger partial charge on any atom is 0.119 e. The van der Waals surface area contributed by atoms with Crippen LogP contribution >= 0.6 is 0 Å². The van der Waals surface area contributed by atoms with Crippen molar-refractivity contribution in [1.29, 1.82) is 0 Å². The predicted molar refractivity (Wildman–Crippen MR) is 92.7 cm³/mol. The largest absolute Gasteiger partial charge is 0.494 e. The summed E-state index contributed by atoms with van der Waals surface area (Å²) < 4.78 is 5.91. The van der Waals surface area contributed by atoms with Crippen molar-refractivity contribution in [2.24, 2.45) is 0 Å². The van der Waals surface area contributed by atoms with Crippen molar-refractivity contribution in [2.75, 3.05) is 26.2 Å². The van der Waals surface area contributed by atoms with Gasteiger partial charge in [-0.1, -0.05) is 37.8 Å². The smallest absolute Gasteiger partial charge is 0.119 e. The molecule has 1 aliphatic heterocycles. The minimum Gasteiger partial charge on any atom is -0.494 e. The fourth-order valence-corrected chi connectivity index (χ4v) is 3.93. The Balaban J connectivity index is 1.37. The molecule has 0 N–H and O–H groups in total. The normalized spacial score (nSPS) is 20.9. The fourth-order valence-electron chi connectivity index (χ4n) is 3.93. The number of hydrogen-bond acceptors (Lipinski definition) is 2. The van der Waals surface area contributed by atoms with Crippen LogP contribution < -0.4 is 4.74 Å². The monoisotopic (exact) mass is 301 g/mol. The van der Waals surface area contributed by atoms with Crippen LogP contribution in [0.1, 0.15) is 69.3 Å². The molecule has 1 aromatic rings. The second kappa shape index (κ2) is 8.57. The van der Waals surface area contributed by atoms with Crippen LogP contribution in [0.3, 0.4) is 0 Å². The standard InChI is InChI=1S/C20H31NO/c1-3-8-18(9-4-1)19-10-12-20(13-11-19)22-17-7-16-21-14-5-2-6-15-21/h10-13,18H,1-9,14-17H2. The minimum atomic E-state index is 0.793. The van der Waals surface area contributed by atoms with Crippen LogP contribution in [0.25, 0.3) is 0 Å². The maximum atomic E-state index is 5.91. The molecule has 0 aromatic heterocycles. The molecule has 1 aromatic carbocycles. The van der Waals surface area contributed by atoms with Gasteiger partial charge in [0.15, 0.2) is 0 Å². The zero-order chi connectivity index (χ0) is 15.0. The Hall–Kier alpha value is -1.02. The van der Waals surface area contributed by atoms with E-state index in [2.05, 4.69) is 29.2 Å². The molecule has 0 spiro atoms. The zero-order valence-corrected chi connectivity index (χ0v) is 13.9. The molecule has 0 unspecified atom stereocenters. The van der Waals surface area contributed by atoms with Crippen molar-refractivity contribution in [1.82, 2.24) is 4.90 Å². The average Bonchev–Trinajstić information content (AvgIpc) is 2.61. The van der Waals surface area contributed by atoms with Gasteiger partial charge in [0.2, 0.25) is 0 Å². The first kappa shape index (κ1) is 15.9. The van der Waals surface area contributed by atoms with Gasteiger partial charge < -0.3 is 9.64 Å². The number of hydrogen-bond donors (Lipinski definition) is 0. The fraction of sp³-hybridized carbons (Fsp3) is 0.700. The lowest BCUT2D eigenvalue weighted by molar-refractivity contribution is 0.205. The average molecular weight is 301 g/mol. The molecule has 0 amide bonds. The number of nitrogens with zero attached hydrogens (tertiary/aromatic N) is 1. The van der Waals surface area contributed by atoms with Gasteiger partial charge in [0.25, 0.3) is 0 Å². The van der Waals surface area contributed by atoms with Crippen molar-refractivity contribution in [3.05, 3.63) is 29.8 Å². The van der Waals surface area contributed by atoms with Gasteiger partial charge in [-0.25, -0.2) is 0 Å². The number of rotatable bonds is 6. The van der Waals surface area contributed by atoms with Gasteiger partial charge in [0.05, 0.1) is 6.61 Å². The molecule has 0 bridgehead atoms. The Morgan fingerprint density at radius 1 is 0.864 bits per heavy atom. The number of likely N-dealkylation sites (tertiary alicyclic amines) is 1. The molecular weight excluding hydrogens is 270 g/mol. The Morgan fingerprint density at radius 3 is 2.27 bits per heavy atom. The van der Waals surface area contributed by atoms with Crippen LogP contribution in [0, 0.1) is 0 Å². The summed E-state index contributed by atoms with van der Waals surface area (Å²) in [5.74, 6) is 1.83. The summed E-state index contributed by atoms with van der Waals surface area (Å²) in [6, 6.07) is 8.92. The molecule has 3 rings (SSSR count). The third-order valence-electron chi connectivity index (χ3n) is 5.29. The van der Waals surface area contributed by atoms with Crippen molar-refractivity contribution in [3.63, 3.8) is 0 Å². The van der Waals surface area contributed by atoms with E-state index in [4.69, 9.17) is 4.74 Å². The molecule has 0 radical (unpaired) electrons. The second-order valence-electron chi connectivity index (χ2n) is 7.01. The summed E-state index contributed by atoms with van der Waals surface area (Å²) in [6.45, 7) is 4.62. The molecule has 2 heteroatoms. The van der Waals surface area contributed by atoms with Gasteiger partial charge in [-0.2, -0.15) is 0 Å². The van der Waals surface area contributed by atoms with E-state index in [1.807, 2.05) is 0 Å². The van der Waals surface area contributed by atoms with E-state index in [0.29, 0.717) is 0 Å². The van der Waals surface area contributed by atoms with E-state index in [-0.39, 0.29) is 0 Å². The summed E-state index contributed by atoms with van der Waals surface area (Å²) >= 11 is 0. The van der Waals surface area contributed by atoms with Crippen LogP contribution in [0.4, 0.5) is 0 Å². The third-order valence-corrected chi connectivity index (χ3v) is 5.29. The Bertz CT molecular complexity index is 416. The van der Waals surface area contributed by atoms with Crippen molar-refractivity contribution in [3.8, 4) is 5.75 Å². The molecule has 2 aliphatic rings. The molecule has 2 nitrogen and oxygen atoms in total. The van der Waals surface area contributed by atoms with E-state index in [0.717, 1.165) is 24.7 Å². The minimum absolute atomic E-state index is 0.793. The van der Waals surface area contributed by atoms with Crippen LogP contribution in [0.15, 0.2) is 24.3 Å². The summed E-state index contributed by atoms with van der Waals surface area (Å²) in [4.78, 5) is 2.58. The van der Waals surface area contributed by atoms with Gasteiger partial charge in [0, 0.05) is 6.54 Å². The lowest BCUT2D eigenvalue weighted by Gasteiger charge is -2.26. The van der Waals surface area contributed by atoms with Crippen molar-refractivity contribution in [2.45, 2.75) is 63.7 Å². The molecule has 22 heavy (non-hydrogen) atoms. The lowest BCUT2D eigenvalue weighted by Crippen LogP contribution is -2.31. The Labute approximate surface area is 135 Å². The van der Waals surface area contributed by atoms with Crippen molar-refractivity contribution >= 4 is 0 Å². The first-order valence-corrected chi connectivity index (χ1v) is 9.37. The highest BCUT2D eigenvalue weighted by atomic mass is 16.5. The molecule has 1 saturated carbocycles. The molecule has 122 valence electrons. The van der Waals surface area contributed by atoms with Gasteiger partial charge in [0.1, 0.15) is 5.75 Å². The summed E-state index contributed by atoms with van der Waals surface area (Å²) in [7, 11) is 0. The first-order valence-electron chi connectivity index (χ1n) is 9.37. The van der Waals surface area contributed by atoms with Gasteiger partial charge in [-0.3, -0.25) is 0 Å². The molecular formula is C20H31NO. The second-order valence-corrected chi connectivity index (χ2v) is 7.01. The first-order chi connectivity index (χ1) is 10.9. The van der Waals surface area contributed by atoms with Crippen LogP contribution in [-0.4, -0.2) is 31.1 Å². The SMILES string of the molecule is c1cc(C2CCCCC2)ccc1OCCCN1CCCCC1. The maximum absolute atomic E-state index is 5.91. The summed E-state index contributed by atoms with van der Waals surface area (Å²) in [6.07, 6.45) is 12.3. The third kappa shape index (κ3) is 4.74. The van der Waals surface area contributed by atoms with Crippen LogP contribution in [-0.2, 0) is 0 Å². The van der Waals surface area contributed by atoms with E-state index in [1.54, 1.807) is 0 Å². The predicted octanol–water partition coefficient (Wildman–Crippen LogP) is 4.99. The van der Waals surface area contributed by atoms with Crippen molar-refractivity contribution < 1.29 is 4.74 Å². The molecule has 0 atom stereocenters. The lowest BCUT2D eigenvalue weighted by atomic mass is 9.84. The van der Waals surface area contributed by atoms with Crippen LogP contribution in [0.2, 0.25) is 0 Å². The molecule has 1 aliphatic carbocycles. The van der Waals surface area contributed by atoms with Gasteiger partial charge in [-0.05, 0) is 68.8 Å². The van der Waals surface area contributed by atoms with E-state index in [9.17, 15) is 0 Å². The number of benzene rings is 1. The quantitative estimate of drug-likeness (QED) is 0.686. The number of piperidine rings is 1. The molecule has 2 fully saturated rings. The molecule has 1 heterocycles. The Morgan fingerprint density at radius 2 is 1.55 bits per heavy atom. The number of ether oxygens (including phenoxy) is 1. The molecule has 1 saturated heterocycles. The van der Waals surface area contributed by atoms with E-state index < -0.39 is 0 Å². The van der Waals surface area contributed by atoms with Gasteiger partial charge >= 0.3 is 0 Å². The highest BCUT2D eigenvalue weighted by Crippen LogP contribution is 2.33. The van der Waals surface area contributed by atoms with Gasteiger partial charge in [-0.15, -0.1) is 0 Å². The topological polar surface area (TPSA) is 12.5 Å². The summed E-state index contributed by atoms with van der Waals surface area (Å²) in [5, 5.41) is 0. The highest BCUT2D eigenvalue weighted by molar-refractivity contribution is 5.29. The zero-order valence-electron chi connectivity index (χ0n) is 13.9. The van der Waals surface area contributed by atoms with E-state index >= 15 is 0 Å². The van der Waals surface area contributed by atoms with E-state index in [1.165, 1.54) is 76.6 Å². The van der Waals surface area contributed by atoms with Crippen LogP contribution in [0.5, 0.6) is 5.75 Å². The highest BCUT2D eigenvalue weighted by Gasteiger charge is 2.15.